The fraction of sp³-hybridized carbons (Fsp3) is 0.375. The second-order valence-electron chi connectivity index (χ2n) is 5.48. The molecule has 4 heteroatoms. The Kier molecular flexibility index (Phi) is 3.93. The number of hydrogen-bond donors (Lipinski definition) is 0. The van der Waals surface area contributed by atoms with Crippen molar-refractivity contribution in [3.8, 4) is 0 Å². The predicted octanol–water partition coefficient (Wildman–Crippen LogP) is 2.81. The third kappa shape index (κ3) is 2.59. The van der Waals surface area contributed by atoms with Gasteiger partial charge in [0.1, 0.15) is 5.54 Å². The first-order valence-electron chi connectivity index (χ1n) is 6.76. The van der Waals surface area contributed by atoms with Crippen LogP contribution in [-0.4, -0.2) is 34.3 Å². The van der Waals surface area contributed by atoms with Gasteiger partial charge in [-0.25, -0.2) is 9.69 Å². The number of likely N-dealkylation sites (N-methyl/N-ethyl adjacent to an activating group) is 1. The zero-order chi connectivity index (χ0) is 14.8. The summed E-state index contributed by atoms with van der Waals surface area (Å²) in [5, 5.41) is 0. The van der Waals surface area contributed by atoms with Crippen molar-refractivity contribution >= 4 is 11.9 Å². The largest absolute Gasteiger partial charge is 0.331 e. The first kappa shape index (κ1) is 14.3. The lowest BCUT2D eigenvalue weighted by molar-refractivity contribution is -0.129. The van der Waals surface area contributed by atoms with E-state index in [-0.39, 0.29) is 11.9 Å². The van der Waals surface area contributed by atoms with Crippen molar-refractivity contribution in [3.63, 3.8) is 0 Å². The van der Waals surface area contributed by atoms with E-state index >= 15 is 0 Å². The first-order valence-corrected chi connectivity index (χ1v) is 6.76. The zero-order valence-electron chi connectivity index (χ0n) is 12.2. The molecular weight excluding hydrogens is 252 g/mol. The lowest BCUT2D eigenvalue weighted by atomic mass is 10.1. The maximum Gasteiger partial charge on any atom is 0.331 e. The minimum Gasteiger partial charge on any atom is -0.313 e. The number of allylic oxidation sites excluding steroid dienone is 1. The molecule has 4 nitrogen and oxygen atoms in total. The molecule has 0 radical (unpaired) electrons. The Morgan fingerprint density at radius 1 is 1.15 bits per heavy atom. The number of carbonyl (C=O) groups is 2. The van der Waals surface area contributed by atoms with Crippen molar-refractivity contribution in [2.45, 2.75) is 32.2 Å². The average Bonchev–Trinajstić information content (AvgIpc) is 2.59. The van der Waals surface area contributed by atoms with Crippen LogP contribution in [0, 0.1) is 0 Å². The van der Waals surface area contributed by atoms with Gasteiger partial charge in [-0.05, 0) is 32.3 Å². The molecule has 0 unspecified atom stereocenters. The Hall–Kier alpha value is -2.10. The Morgan fingerprint density at radius 2 is 1.80 bits per heavy atom. The minimum atomic E-state index is -0.763. The summed E-state index contributed by atoms with van der Waals surface area (Å²) in [6.07, 6.45) is 5.16. The lowest BCUT2D eigenvalue weighted by Crippen LogP contribution is -2.41. The number of hydrogen-bond acceptors (Lipinski definition) is 2. The molecule has 1 fully saturated rings. The van der Waals surface area contributed by atoms with Gasteiger partial charge in [0.25, 0.3) is 5.91 Å². The van der Waals surface area contributed by atoms with Crippen LogP contribution >= 0.6 is 0 Å². The first-order chi connectivity index (χ1) is 9.44. The molecule has 0 atom stereocenters. The van der Waals surface area contributed by atoms with Crippen molar-refractivity contribution in [2.24, 2.45) is 0 Å². The number of imide groups is 1. The fourth-order valence-corrected chi connectivity index (χ4v) is 2.13. The number of amides is 3. The molecule has 2 rings (SSSR count). The highest BCUT2D eigenvalue weighted by atomic mass is 16.2. The van der Waals surface area contributed by atoms with Crippen molar-refractivity contribution in [3.05, 3.63) is 48.2 Å². The average molecular weight is 272 g/mol. The summed E-state index contributed by atoms with van der Waals surface area (Å²) in [7, 11) is 1.65. The topological polar surface area (TPSA) is 40.6 Å². The predicted molar refractivity (Wildman–Crippen MR) is 78.0 cm³/mol. The molecule has 1 aromatic rings. The SMILES string of the molecule is CN1C(=O)N(C=CCCc2ccccc2)C(=O)C1(C)C. The molecular formula is C16H20N2O2. The van der Waals surface area contributed by atoms with Crippen LogP contribution in [0.3, 0.4) is 0 Å². The molecule has 0 bridgehead atoms. The molecule has 0 aliphatic carbocycles. The van der Waals surface area contributed by atoms with E-state index in [0.717, 1.165) is 12.8 Å². The second-order valence-corrected chi connectivity index (χ2v) is 5.48. The van der Waals surface area contributed by atoms with Gasteiger partial charge in [0, 0.05) is 13.2 Å². The summed E-state index contributed by atoms with van der Waals surface area (Å²) in [6, 6.07) is 9.86. The molecule has 0 aromatic heterocycles. The molecule has 1 heterocycles. The number of benzene rings is 1. The van der Waals surface area contributed by atoms with E-state index in [1.807, 2.05) is 24.3 Å². The number of carbonyl (C=O) groups excluding carboxylic acids is 2. The van der Waals surface area contributed by atoms with Crippen LogP contribution in [0.4, 0.5) is 4.79 Å². The van der Waals surface area contributed by atoms with Gasteiger partial charge in [-0.15, -0.1) is 0 Å². The Labute approximate surface area is 119 Å². The Bertz CT molecular complexity index is 535. The van der Waals surface area contributed by atoms with Gasteiger partial charge >= 0.3 is 6.03 Å². The maximum atomic E-state index is 12.1. The Morgan fingerprint density at radius 3 is 2.35 bits per heavy atom. The quantitative estimate of drug-likeness (QED) is 0.791. The molecule has 106 valence electrons. The van der Waals surface area contributed by atoms with Gasteiger partial charge in [0.15, 0.2) is 0 Å². The summed E-state index contributed by atoms with van der Waals surface area (Å²) in [6.45, 7) is 3.51. The molecule has 0 N–H and O–H groups in total. The van der Waals surface area contributed by atoms with Gasteiger partial charge < -0.3 is 4.90 Å². The van der Waals surface area contributed by atoms with E-state index in [0.29, 0.717) is 0 Å². The highest BCUT2D eigenvalue weighted by Crippen LogP contribution is 2.25. The summed E-state index contributed by atoms with van der Waals surface area (Å²) in [5.74, 6) is -0.180. The zero-order valence-corrected chi connectivity index (χ0v) is 12.2. The lowest BCUT2D eigenvalue weighted by Gasteiger charge is -2.22. The summed E-state index contributed by atoms with van der Waals surface area (Å²) in [5.41, 5.74) is 0.481. The molecule has 1 aliphatic rings. The highest BCUT2D eigenvalue weighted by Gasteiger charge is 2.48. The van der Waals surface area contributed by atoms with Crippen LogP contribution in [0.5, 0.6) is 0 Å². The van der Waals surface area contributed by atoms with Crippen LogP contribution in [0.2, 0.25) is 0 Å². The fourth-order valence-electron chi connectivity index (χ4n) is 2.13. The van der Waals surface area contributed by atoms with Crippen LogP contribution in [-0.2, 0) is 11.2 Å². The maximum absolute atomic E-state index is 12.1. The number of rotatable bonds is 4. The van der Waals surface area contributed by atoms with Crippen molar-refractivity contribution in [1.29, 1.82) is 0 Å². The Balaban J connectivity index is 1.95. The van der Waals surface area contributed by atoms with Crippen molar-refractivity contribution in [2.75, 3.05) is 7.05 Å². The molecule has 3 amide bonds. The van der Waals surface area contributed by atoms with Crippen LogP contribution in [0.15, 0.2) is 42.6 Å². The van der Waals surface area contributed by atoms with Gasteiger partial charge in [0.2, 0.25) is 0 Å². The summed E-state index contributed by atoms with van der Waals surface area (Å²) >= 11 is 0. The highest BCUT2D eigenvalue weighted by molar-refractivity contribution is 6.07. The number of aryl methyl sites for hydroxylation is 1. The second kappa shape index (κ2) is 5.49. The standard InChI is InChI=1S/C16H20N2O2/c1-16(2)14(19)18(15(20)17(16)3)12-8-7-11-13-9-5-4-6-10-13/h4-6,8-10,12H,7,11H2,1-3H3. The summed E-state index contributed by atoms with van der Waals surface area (Å²) < 4.78 is 0. The number of urea groups is 1. The monoisotopic (exact) mass is 272 g/mol. The van der Waals surface area contributed by atoms with Crippen LogP contribution in [0.1, 0.15) is 25.8 Å². The van der Waals surface area contributed by atoms with Crippen molar-refractivity contribution < 1.29 is 9.59 Å². The third-order valence-electron chi connectivity index (χ3n) is 3.77. The van der Waals surface area contributed by atoms with E-state index in [1.54, 1.807) is 27.1 Å². The molecule has 0 saturated carbocycles. The smallest absolute Gasteiger partial charge is 0.313 e. The molecule has 1 aliphatic heterocycles. The van der Waals surface area contributed by atoms with E-state index in [1.165, 1.54) is 15.4 Å². The van der Waals surface area contributed by atoms with E-state index < -0.39 is 5.54 Å². The van der Waals surface area contributed by atoms with Gasteiger partial charge in [-0.2, -0.15) is 0 Å². The molecule has 1 aromatic carbocycles. The normalized spacial score (nSPS) is 18.4. The van der Waals surface area contributed by atoms with Gasteiger partial charge in [-0.3, -0.25) is 4.79 Å². The van der Waals surface area contributed by atoms with Crippen molar-refractivity contribution in [1.82, 2.24) is 9.80 Å². The molecule has 1 saturated heterocycles. The van der Waals surface area contributed by atoms with Crippen LogP contribution in [0.25, 0.3) is 0 Å². The molecule has 20 heavy (non-hydrogen) atoms. The minimum absolute atomic E-state index is 0.180. The van der Waals surface area contributed by atoms with Gasteiger partial charge in [0.05, 0.1) is 0 Å². The number of nitrogens with zero attached hydrogens (tertiary/aromatic N) is 2. The summed E-state index contributed by atoms with van der Waals surface area (Å²) in [4.78, 5) is 26.8. The van der Waals surface area contributed by atoms with E-state index in [2.05, 4.69) is 12.1 Å². The molecule has 0 spiro atoms. The third-order valence-corrected chi connectivity index (χ3v) is 3.77. The van der Waals surface area contributed by atoms with Crippen LogP contribution < -0.4 is 0 Å². The van der Waals surface area contributed by atoms with E-state index in [4.69, 9.17) is 0 Å². The van der Waals surface area contributed by atoms with E-state index in [9.17, 15) is 9.59 Å². The van der Waals surface area contributed by atoms with Gasteiger partial charge in [-0.1, -0.05) is 36.4 Å².